The average molecular weight is 262 g/mol. The fraction of sp³-hybridized carbons (Fsp3) is 0.625. The smallest absolute Gasteiger partial charge is 0.122 e. The van der Waals surface area contributed by atoms with Crippen LogP contribution in [-0.2, 0) is 6.42 Å². The fourth-order valence-electron chi connectivity index (χ4n) is 2.86. The average Bonchev–Trinajstić information content (AvgIpc) is 2.85. The van der Waals surface area contributed by atoms with E-state index >= 15 is 0 Å². The maximum Gasteiger partial charge on any atom is 0.122 e. The van der Waals surface area contributed by atoms with E-state index in [0.717, 1.165) is 31.9 Å². The topological polar surface area (TPSA) is 38.5 Å². The van der Waals surface area contributed by atoms with E-state index in [4.69, 9.17) is 10.5 Å². The number of nitrogens with two attached hydrogens (primary N) is 1. The lowest BCUT2D eigenvalue weighted by atomic mass is 10.0. The Morgan fingerprint density at radius 1 is 1.37 bits per heavy atom. The zero-order chi connectivity index (χ0) is 13.8. The SMILES string of the molecule is CCN(CC(C)C)C(CN)c1ccc2c(c1)CCO2. The van der Waals surface area contributed by atoms with Gasteiger partial charge in [-0.1, -0.05) is 32.9 Å². The van der Waals surface area contributed by atoms with Gasteiger partial charge in [0.05, 0.1) is 6.61 Å². The van der Waals surface area contributed by atoms with Crippen molar-refractivity contribution < 1.29 is 4.74 Å². The highest BCUT2D eigenvalue weighted by Crippen LogP contribution is 2.30. The molecule has 2 N–H and O–H groups in total. The maximum atomic E-state index is 6.03. The van der Waals surface area contributed by atoms with Crippen LogP contribution in [0.4, 0.5) is 0 Å². The minimum atomic E-state index is 0.318. The van der Waals surface area contributed by atoms with Gasteiger partial charge in [0.1, 0.15) is 5.75 Å². The van der Waals surface area contributed by atoms with Gasteiger partial charge < -0.3 is 10.5 Å². The first-order chi connectivity index (χ1) is 9.15. The molecule has 1 aliphatic rings. The van der Waals surface area contributed by atoms with Crippen molar-refractivity contribution in [3.05, 3.63) is 29.3 Å². The van der Waals surface area contributed by atoms with Crippen LogP contribution in [0.25, 0.3) is 0 Å². The molecule has 19 heavy (non-hydrogen) atoms. The minimum Gasteiger partial charge on any atom is -0.493 e. The lowest BCUT2D eigenvalue weighted by molar-refractivity contribution is 0.189. The highest BCUT2D eigenvalue weighted by molar-refractivity contribution is 5.40. The third kappa shape index (κ3) is 3.28. The van der Waals surface area contributed by atoms with Crippen molar-refractivity contribution in [1.82, 2.24) is 4.90 Å². The van der Waals surface area contributed by atoms with Crippen molar-refractivity contribution in [3.63, 3.8) is 0 Å². The van der Waals surface area contributed by atoms with Crippen LogP contribution in [0.5, 0.6) is 5.75 Å². The number of nitrogens with zero attached hydrogens (tertiary/aromatic N) is 1. The maximum absolute atomic E-state index is 6.03. The van der Waals surface area contributed by atoms with Crippen LogP contribution in [0.1, 0.15) is 37.9 Å². The third-order valence-electron chi connectivity index (χ3n) is 3.77. The Kier molecular flexibility index (Phi) is 4.83. The molecule has 0 spiro atoms. The van der Waals surface area contributed by atoms with E-state index in [9.17, 15) is 0 Å². The number of hydrogen-bond donors (Lipinski definition) is 1. The number of hydrogen-bond acceptors (Lipinski definition) is 3. The number of likely N-dealkylation sites (N-methyl/N-ethyl adjacent to an activating group) is 1. The zero-order valence-corrected chi connectivity index (χ0v) is 12.4. The van der Waals surface area contributed by atoms with Gasteiger partial charge >= 0.3 is 0 Å². The van der Waals surface area contributed by atoms with Crippen molar-refractivity contribution in [2.24, 2.45) is 11.7 Å². The van der Waals surface area contributed by atoms with Crippen LogP contribution >= 0.6 is 0 Å². The van der Waals surface area contributed by atoms with Gasteiger partial charge in [0.2, 0.25) is 0 Å². The summed E-state index contributed by atoms with van der Waals surface area (Å²) in [5.74, 6) is 1.71. The normalized spacial score (nSPS) is 15.7. The van der Waals surface area contributed by atoms with Gasteiger partial charge in [0, 0.05) is 25.6 Å². The van der Waals surface area contributed by atoms with E-state index < -0.39 is 0 Å². The molecular formula is C16H26N2O. The summed E-state index contributed by atoms with van der Waals surface area (Å²) < 4.78 is 5.57. The first kappa shape index (κ1) is 14.4. The summed E-state index contributed by atoms with van der Waals surface area (Å²) in [6.45, 7) is 10.3. The van der Waals surface area contributed by atoms with Crippen molar-refractivity contribution in [2.45, 2.75) is 33.2 Å². The molecule has 2 rings (SSSR count). The van der Waals surface area contributed by atoms with Crippen LogP contribution in [0.15, 0.2) is 18.2 Å². The second kappa shape index (κ2) is 6.40. The molecule has 0 saturated carbocycles. The summed E-state index contributed by atoms with van der Waals surface area (Å²) in [4.78, 5) is 2.47. The first-order valence-electron chi connectivity index (χ1n) is 7.35. The van der Waals surface area contributed by atoms with E-state index in [1.807, 2.05) is 0 Å². The summed E-state index contributed by atoms with van der Waals surface area (Å²) in [6.07, 6.45) is 1.02. The van der Waals surface area contributed by atoms with E-state index in [1.165, 1.54) is 11.1 Å². The van der Waals surface area contributed by atoms with Crippen LogP contribution < -0.4 is 10.5 Å². The molecule has 0 fully saturated rings. The van der Waals surface area contributed by atoms with Gasteiger partial charge in [-0.05, 0) is 29.7 Å². The molecule has 0 bridgehead atoms. The van der Waals surface area contributed by atoms with Crippen LogP contribution in [-0.4, -0.2) is 31.1 Å². The van der Waals surface area contributed by atoms with Crippen molar-refractivity contribution in [2.75, 3.05) is 26.2 Å². The molecule has 3 nitrogen and oxygen atoms in total. The van der Waals surface area contributed by atoms with Crippen molar-refractivity contribution >= 4 is 0 Å². The molecule has 1 atom stereocenters. The van der Waals surface area contributed by atoms with Gasteiger partial charge in [-0.2, -0.15) is 0 Å². The lowest BCUT2D eigenvalue weighted by Crippen LogP contribution is -2.36. The van der Waals surface area contributed by atoms with Gasteiger partial charge in [0.15, 0.2) is 0 Å². The molecule has 106 valence electrons. The Labute approximate surface area is 116 Å². The molecular weight excluding hydrogens is 236 g/mol. The minimum absolute atomic E-state index is 0.318. The monoisotopic (exact) mass is 262 g/mol. The van der Waals surface area contributed by atoms with Crippen LogP contribution in [0.2, 0.25) is 0 Å². The van der Waals surface area contributed by atoms with Gasteiger partial charge in [0.25, 0.3) is 0 Å². The fourth-order valence-corrected chi connectivity index (χ4v) is 2.86. The molecule has 0 aromatic heterocycles. The van der Waals surface area contributed by atoms with E-state index in [2.05, 4.69) is 43.9 Å². The molecule has 1 aromatic rings. The molecule has 1 aliphatic heterocycles. The second-order valence-electron chi connectivity index (χ2n) is 5.70. The molecule has 1 unspecified atom stereocenters. The number of ether oxygens (including phenoxy) is 1. The highest BCUT2D eigenvalue weighted by atomic mass is 16.5. The largest absolute Gasteiger partial charge is 0.493 e. The Bertz CT molecular complexity index is 417. The molecule has 1 heterocycles. The Hall–Kier alpha value is -1.06. The Morgan fingerprint density at radius 3 is 2.79 bits per heavy atom. The molecule has 0 amide bonds. The second-order valence-corrected chi connectivity index (χ2v) is 5.70. The molecule has 0 radical (unpaired) electrons. The van der Waals surface area contributed by atoms with Gasteiger partial charge in [-0.15, -0.1) is 0 Å². The van der Waals surface area contributed by atoms with E-state index in [1.54, 1.807) is 0 Å². The quantitative estimate of drug-likeness (QED) is 0.856. The molecule has 1 aromatic carbocycles. The summed E-state index contributed by atoms with van der Waals surface area (Å²) in [5, 5.41) is 0. The predicted octanol–water partition coefficient (Wildman–Crippen LogP) is 2.60. The first-order valence-corrected chi connectivity index (χ1v) is 7.35. The predicted molar refractivity (Wildman–Crippen MR) is 79.5 cm³/mol. The summed E-state index contributed by atoms with van der Waals surface area (Å²) in [7, 11) is 0. The van der Waals surface area contributed by atoms with Crippen molar-refractivity contribution in [1.29, 1.82) is 0 Å². The Morgan fingerprint density at radius 2 is 2.16 bits per heavy atom. The zero-order valence-electron chi connectivity index (χ0n) is 12.4. The van der Waals surface area contributed by atoms with Crippen molar-refractivity contribution in [3.8, 4) is 5.75 Å². The van der Waals surface area contributed by atoms with E-state index in [-0.39, 0.29) is 0 Å². The lowest BCUT2D eigenvalue weighted by Gasteiger charge is -2.31. The summed E-state index contributed by atoms with van der Waals surface area (Å²) in [5.41, 5.74) is 8.69. The number of benzene rings is 1. The highest BCUT2D eigenvalue weighted by Gasteiger charge is 2.21. The standard InChI is InChI=1S/C16H26N2O/c1-4-18(11-12(2)3)15(10-17)13-5-6-16-14(9-13)7-8-19-16/h5-6,9,12,15H,4,7-8,10-11,17H2,1-3H3. The number of fused-ring (bicyclic) bond motifs is 1. The number of rotatable bonds is 6. The van der Waals surface area contributed by atoms with Gasteiger partial charge in [-0.3, -0.25) is 4.90 Å². The molecule has 0 saturated heterocycles. The van der Waals surface area contributed by atoms with Crippen LogP contribution in [0, 0.1) is 5.92 Å². The summed E-state index contributed by atoms with van der Waals surface area (Å²) in [6, 6.07) is 6.87. The Balaban J connectivity index is 2.20. The third-order valence-corrected chi connectivity index (χ3v) is 3.77. The molecule has 0 aliphatic carbocycles. The van der Waals surface area contributed by atoms with Crippen LogP contribution in [0.3, 0.4) is 0 Å². The van der Waals surface area contributed by atoms with Gasteiger partial charge in [-0.25, -0.2) is 0 Å². The molecule has 3 heteroatoms. The summed E-state index contributed by atoms with van der Waals surface area (Å²) >= 11 is 0. The van der Waals surface area contributed by atoms with E-state index in [0.29, 0.717) is 18.5 Å².